The molecule has 0 saturated carbocycles. The molecule has 35 heavy (non-hydrogen) atoms. The number of likely N-dealkylation sites (N-methyl/N-ethyl adjacent to an activating group) is 1. The normalized spacial score (nSPS) is 11.3. The molecule has 0 radical (unpaired) electrons. The van der Waals surface area contributed by atoms with E-state index < -0.39 is 10.0 Å². The Morgan fingerprint density at radius 2 is 1.69 bits per heavy atom. The fraction of sp³-hybridized carbons (Fsp3) is 0.240. The fourth-order valence-electron chi connectivity index (χ4n) is 3.44. The largest absolute Gasteiger partial charge is 0.491 e. The number of aryl methyl sites for hydroxylation is 2. The predicted octanol–water partition coefficient (Wildman–Crippen LogP) is 6.02. The third-order valence-corrected chi connectivity index (χ3v) is 7.31. The molecule has 0 saturated heterocycles. The number of halogens is 2. The van der Waals surface area contributed by atoms with E-state index in [0.717, 1.165) is 0 Å². The molecule has 0 aliphatic rings. The molecule has 0 spiro atoms. The monoisotopic (exact) mass is 533 g/mol. The Balaban J connectivity index is 1.86. The lowest BCUT2D eigenvalue weighted by Crippen LogP contribution is -2.19. The van der Waals surface area contributed by atoms with E-state index in [1.54, 1.807) is 62.4 Å². The van der Waals surface area contributed by atoms with Crippen molar-refractivity contribution in [2.45, 2.75) is 18.7 Å². The SMILES string of the molecule is Cc1cc(Oc2cccc(Cl)c2C#N)cc(C)c1S(=O)(=O)Nc1ccc(Cl)c(OCCN(C)C)c1. The Hall–Kier alpha value is -2.96. The molecular weight excluding hydrogens is 509 g/mol. The molecule has 0 aliphatic carbocycles. The molecule has 3 rings (SSSR count). The van der Waals surface area contributed by atoms with Gasteiger partial charge < -0.3 is 14.4 Å². The van der Waals surface area contributed by atoms with Gasteiger partial charge in [0.1, 0.15) is 35.5 Å². The molecule has 0 aliphatic heterocycles. The van der Waals surface area contributed by atoms with Gasteiger partial charge in [0, 0.05) is 12.6 Å². The van der Waals surface area contributed by atoms with Crippen LogP contribution in [0.5, 0.6) is 17.2 Å². The zero-order valence-electron chi connectivity index (χ0n) is 19.7. The van der Waals surface area contributed by atoms with E-state index in [1.807, 2.05) is 25.1 Å². The predicted molar refractivity (Wildman–Crippen MR) is 138 cm³/mol. The van der Waals surface area contributed by atoms with Crippen LogP contribution in [-0.4, -0.2) is 40.6 Å². The molecule has 0 unspecified atom stereocenters. The van der Waals surface area contributed by atoms with Gasteiger partial charge in [-0.2, -0.15) is 5.26 Å². The summed E-state index contributed by atoms with van der Waals surface area (Å²) in [6.07, 6.45) is 0. The Morgan fingerprint density at radius 3 is 2.31 bits per heavy atom. The zero-order valence-corrected chi connectivity index (χ0v) is 22.1. The summed E-state index contributed by atoms with van der Waals surface area (Å²) in [6.45, 7) is 4.44. The summed E-state index contributed by atoms with van der Waals surface area (Å²) in [5.41, 5.74) is 1.48. The van der Waals surface area contributed by atoms with Gasteiger partial charge >= 0.3 is 0 Å². The molecule has 0 atom stereocenters. The van der Waals surface area contributed by atoms with Crippen LogP contribution in [0.2, 0.25) is 10.0 Å². The number of hydrogen-bond donors (Lipinski definition) is 1. The van der Waals surface area contributed by atoms with E-state index in [-0.39, 0.29) is 21.2 Å². The first-order chi connectivity index (χ1) is 16.5. The Morgan fingerprint density at radius 1 is 1.00 bits per heavy atom. The topological polar surface area (TPSA) is 91.7 Å². The molecular formula is C25H25Cl2N3O4S. The average Bonchev–Trinajstić information content (AvgIpc) is 2.75. The molecule has 184 valence electrons. The third kappa shape index (κ3) is 6.59. The van der Waals surface area contributed by atoms with Gasteiger partial charge in [-0.1, -0.05) is 29.3 Å². The van der Waals surface area contributed by atoms with Gasteiger partial charge in [0.15, 0.2) is 0 Å². The van der Waals surface area contributed by atoms with E-state index in [1.165, 1.54) is 0 Å². The summed E-state index contributed by atoms with van der Waals surface area (Å²) in [4.78, 5) is 2.09. The maximum Gasteiger partial charge on any atom is 0.262 e. The third-order valence-electron chi connectivity index (χ3n) is 5.00. The molecule has 0 aromatic heterocycles. The van der Waals surface area contributed by atoms with E-state index in [4.69, 9.17) is 32.7 Å². The maximum atomic E-state index is 13.3. The first-order valence-electron chi connectivity index (χ1n) is 10.6. The minimum absolute atomic E-state index is 0.126. The van der Waals surface area contributed by atoms with Gasteiger partial charge in [-0.3, -0.25) is 4.72 Å². The van der Waals surface area contributed by atoms with Crippen molar-refractivity contribution in [2.75, 3.05) is 32.0 Å². The first kappa shape index (κ1) is 26.6. The van der Waals surface area contributed by atoms with Gasteiger partial charge in [0.25, 0.3) is 10.0 Å². The van der Waals surface area contributed by atoms with Crippen molar-refractivity contribution in [3.8, 4) is 23.3 Å². The van der Waals surface area contributed by atoms with Crippen LogP contribution in [0.4, 0.5) is 5.69 Å². The number of ether oxygens (including phenoxy) is 2. The number of anilines is 1. The summed E-state index contributed by atoms with van der Waals surface area (Å²) in [7, 11) is -0.0842. The Bertz CT molecular complexity index is 1360. The van der Waals surface area contributed by atoms with Gasteiger partial charge in [-0.15, -0.1) is 0 Å². The highest BCUT2D eigenvalue weighted by atomic mass is 35.5. The lowest BCUT2D eigenvalue weighted by molar-refractivity contribution is 0.261. The van der Waals surface area contributed by atoms with Crippen LogP contribution in [0.3, 0.4) is 0 Å². The van der Waals surface area contributed by atoms with Crippen molar-refractivity contribution >= 4 is 38.9 Å². The number of rotatable bonds is 9. The lowest BCUT2D eigenvalue weighted by atomic mass is 10.1. The highest BCUT2D eigenvalue weighted by Crippen LogP contribution is 2.34. The molecule has 7 nitrogen and oxygen atoms in total. The fourth-order valence-corrected chi connectivity index (χ4v) is 5.33. The van der Waals surface area contributed by atoms with Gasteiger partial charge in [-0.25, -0.2) is 8.42 Å². The standard InChI is InChI=1S/C25H25Cl2N3O4S/c1-16-12-19(34-23-7-5-6-21(26)20(23)15-28)13-17(2)25(16)35(31,32)29-18-8-9-22(27)24(14-18)33-11-10-30(3)4/h5-9,12-14,29H,10-11H2,1-4H3. The van der Waals surface area contributed by atoms with Crippen molar-refractivity contribution in [1.82, 2.24) is 4.90 Å². The molecule has 0 amide bonds. The summed E-state index contributed by atoms with van der Waals surface area (Å²) in [6, 6.07) is 14.8. The smallest absolute Gasteiger partial charge is 0.262 e. The Kier molecular flexibility index (Phi) is 8.51. The highest BCUT2D eigenvalue weighted by Gasteiger charge is 2.22. The van der Waals surface area contributed by atoms with E-state index in [2.05, 4.69) is 4.72 Å². The minimum atomic E-state index is -3.93. The molecule has 0 fully saturated rings. The van der Waals surface area contributed by atoms with Crippen molar-refractivity contribution < 1.29 is 17.9 Å². The van der Waals surface area contributed by atoms with Gasteiger partial charge in [0.05, 0.1) is 20.6 Å². The average molecular weight is 534 g/mol. The second-order valence-electron chi connectivity index (χ2n) is 8.12. The van der Waals surface area contributed by atoms with Crippen LogP contribution in [-0.2, 0) is 10.0 Å². The summed E-state index contributed by atoms with van der Waals surface area (Å²) >= 11 is 12.3. The number of nitriles is 1. The van der Waals surface area contributed by atoms with Crippen LogP contribution in [0.15, 0.2) is 53.4 Å². The van der Waals surface area contributed by atoms with Crippen molar-refractivity contribution in [2.24, 2.45) is 0 Å². The van der Waals surface area contributed by atoms with Gasteiger partial charge in [0.2, 0.25) is 0 Å². The number of sulfonamides is 1. The zero-order chi connectivity index (χ0) is 25.8. The summed E-state index contributed by atoms with van der Waals surface area (Å²) in [5.74, 6) is 1.07. The number of benzene rings is 3. The van der Waals surface area contributed by atoms with Crippen LogP contribution >= 0.6 is 23.2 Å². The quantitative estimate of drug-likeness (QED) is 0.361. The van der Waals surface area contributed by atoms with Crippen LogP contribution in [0.1, 0.15) is 16.7 Å². The van der Waals surface area contributed by atoms with E-state index in [0.29, 0.717) is 46.5 Å². The molecule has 10 heteroatoms. The summed E-state index contributed by atoms with van der Waals surface area (Å²) in [5, 5.41) is 10.0. The Labute approximate surface area is 215 Å². The van der Waals surface area contributed by atoms with E-state index >= 15 is 0 Å². The molecule has 0 heterocycles. The van der Waals surface area contributed by atoms with Crippen molar-refractivity contribution in [3.05, 3.63) is 75.3 Å². The second-order valence-corrected chi connectivity index (χ2v) is 10.5. The molecule has 3 aromatic carbocycles. The van der Waals surface area contributed by atoms with Crippen LogP contribution in [0.25, 0.3) is 0 Å². The first-order valence-corrected chi connectivity index (χ1v) is 12.8. The van der Waals surface area contributed by atoms with Crippen molar-refractivity contribution in [1.29, 1.82) is 5.26 Å². The maximum absolute atomic E-state index is 13.3. The van der Waals surface area contributed by atoms with Crippen LogP contribution in [0, 0.1) is 25.2 Å². The van der Waals surface area contributed by atoms with E-state index in [9.17, 15) is 13.7 Å². The molecule has 3 aromatic rings. The van der Waals surface area contributed by atoms with Crippen LogP contribution < -0.4 is 14.2 Å². The minimum Gasteiger partial charge on any atom is -0.491 e. The molecule has 1 N–H and O–H groups in total. The summed E-state index contributed by atoms with van der Waals surface area (Å²) < 4.78 is 40.7. The number of nitrogens with one attached hydrogen (secondary N) is 1. The van der Waals surface area contributed by atoms with Gasteiger partial charge in [-0.05, 0) is 75.5 Å². The molecule has 0 bridgehead atoms. The lowest BCUT2D eigenvalue weighted by Gasteiger charge is -2.17. The highest BCUT2D eigenvalue weighted by molar-refractivity contribution is 7.92. The van der Waals surface area contributed by atoms with Crippen molar-refractivity contribution in [3.63, 3.8) is 0 Å². The second kappa shape index (κ2) is 11.2. The number of hydrogen-bond acceptors (Lipinski definition) is 6. The number of nitrogens with zero attached hydrogens (tertiary/aromatic N) is 2.